The van der Waals surface area contributed by atoms with Gasteiger partial charge in [0.2, 0.25) is 0 Å². The van der Waals surface area contributed by atoms with Crippen molar-refractivity contribution in [3.8, 4) is 5.75 Å². The maximum atomic E-state index is 13.6. The Hall–Kier alpha value is -3.41. The van der Waals surface area contributed by atoms with Crippen molar-refractivity contribution in [2.75, 3.05) is 7.11 Å². The number of nitrogens with zero attached hydrogens (tertiary/aromatic N) is 3. The summed E-state index contributed by atoms with van der Waals surface area (Å²) in [5.41, 5.74) is 3.59. The van der Waals surface area contributed by atoms with Crippen LogP contribution in [0.15, 0.2) is 84.0 Å². The van der Waals surface area contributed by atoms with Gasteiger partial charge in [-0.2, -0.15) is 5.10 Å². The van der Waals surface area contributed by atoms with E-state index in [2.05, 4.69) is 4.98 Å². The van der Waals surface area contributed by atoms with Gasteiger partial charge in [-0.05, 0) is 42.0 Å². The Bertz CT molecular complexity index is 1390. The van der Waals surface area contributed by atoms with Crippen LogP contribution in [0.4, 0.5) is 0 Å². The molecule has 5 nitrogen and oxygen atoms in total. The Morgan fingerprint density at radius 1 is 1.00 bits per heavy atom. The molecule has 1 aliphatic heterocycles. The van der Waals surface area contributed by atoms with E-state index in [4.69, 9.17) is 33.0 Å². The second-order valence-electron chi connectivity index (χ2n) is 7.69. The normalized spacial score (nSPS) is 15.5. The van der Waals surface area contributed by atoms with Crippen LogP contribution in [-0.2, 0) is 0 Å². The van der Waals surface area contributed by atoms with E-state index < -0.39 is 6.04 Å². The minimum Gasteiger partial charge on any atom is -0.497 e. The van der Waals surface area contributed by atoms with Gasteiger partial charge in [-0.25, -0.2) is 9.99 Å². The Labute approximate surface area is 201 Å². The van der Waals surface area contributed by atoms with E-state index in [-0.39, 0.29) is 5.91 Å². The van der Waals surface area contributed by atoms with E-state index in [1.807, 2.05) is 54.6 Å². The third-order valence-electron chi connectivity index (χ3n) is 5.69. The zero-order valence-electron chi connectivity index (χ0n) is 17.7. The molecule has 4 aromatic rings. The molecule has 0 radical (unpaired) electrons. The number of carbonyl (C=O) groups excluding carboxylic acids is 1. The van der Waals surface area contributed by atoms with Crippen LogP contribution in [0.1, 0.15) is 33.9 Å². The van der Waals surface area contributed by atoms with Gasteiger partial charge in [-0.1, -0.05) is 65.7 Å². The Morgan fingerprint density at radius 2 is 1.76 bits per heavy atom. The summed E-state index contributed by atoms with van der Waals surface area (Å²) in [7, 11) is 1.62. The highest BCUT2D eigenvalue weighted by molar-refractivity contribution is 6.34. The highest BCUT2D eigenvalue weighted by Crippen LogP contribution is 2.39. The van der Waals surface area contributed by atoms with Gasteiger partial charge in [0.05, 0.1) is 35.0 Å². The number of methoxy groups -OCH3 is 1. The number of rotatable bonds is 4. The van der Waals surface area contributed by atoms with E-state index in [1.165, 1.54) is 5.01 Å². The molecule has 0 bridgehead atoms. The van der Waals surface area contributed by atoms with Crippen LogP contribution >= 0.6 is 23.2 Å². The van der Waals surface area contributed by atoms with Crippen molar-refractivity contribution in [3.63, 3.8) is 0 Å². The minimum absolute atomic E-state index is 0.293. The molecule has 5 rings (SSSR count). The fourth-order valence-corrected chi connectivity index (χ4v) is 4.50. The molecular weight excluding hydrogens is 457 g/mol. The zero-order chi connectivity index (χ0) is 22.9. The first-order chi connectivity index (χ1) is 16.0. The average Bonchev–Trinajstić information content (AvgIpc) is 3.29. The third-order valence-corrected chi connectivity index (χ3v) is 6.32. The number of benzene rings is 3. The molecule has 0 saturated heterocycles. The fourth-order valence-electron chi connectivity index (χ4n) is 4.01. The van der Waals surface area contributed by atoms with Crippen LogP contribution in [0.2, 0.25) is 10.2 Å². The van der Waals surface area contributed by atoms with Crippen LogP contribution in [0.5, 0.6) is 5.75 Å². The number of amides is 1. The van der Waals surface area contributed by atoms with Crippen molar-refractivity contribution in [3.05, 3.63) is 106 Å². The van der Waals surface area contributed by atoms with Crippen LogP contribution < -0.4 is 4.74 Å². The molecule has 1 aliphatic rings. The number of ether oxygens (including phenoxy) is 1. The van der Waals surface area contributed by atoms with Gasteiger partial charge in [0.15, 0.2) is 0 Å². The van der Waals surface area contributed by atoms with Crippen LogP contribution in [0.25, 0.3) is 10.9 Å². The maximum absolute atomic E-state index is 13.6. The Kier molecular flexibility index (Phi) is 5.75. The summed E-state index contributed by atoms with van der Waals surface area (Å²) in [5, 5.41) is 7.76. The second-order valence-corrected chi connectivity index (χ2v) is 8.45. The summed E-state index contributed by atoms with van der Waals surface area (Å²) in [6, 6.07) is 23.9. The molecule has 1 aromatic heterocycles. The first-order valence-corrected chi connectivity index (χ1v) is 11.2. The van der Waals surface area contributed by atoms with E-state index in [1.54, 1.807) is 31.4 Å². The number of hydrazone groups is 1. The van der Waals surface area contributed by atoms with Crippen LogP contribution in [0.3, 0.4) is 0 Å². The summed E-state index contributed by atoms with van der Waals surface area (Å²) >= 11 is 13.0. The molecule has 33 heavy (non-hydrogen) atoms. The number of hydrogen-bond donors (Lipinski definition) is 0. The molecule has 1 amide bonds. The van der Waals surface area contributed by atoms with Gasteiger partial charge >= 0.3 is 0 Å². The molecule has 0 N–H and O–H groups in total. The quantitative estimate of drug-likeness (QED) is 0.314. The number of aromatic nitrogens is 1. The smallest absolute Gasteiger partial charge is 0.276 e. The summed E-state index contributed by atoms with van der Waals surface area (Å²) < 4.78 is 5.36. The van der Waals surface area contributed by atoms with Crippen molar-refractivity contribution >= 4 is 45.7 Å². The average molecular weight is 476 g/mol. The lowest BCUT2D eigenvalue weighted by Gasteiger charge is -2.23. The number of fused-ring (bicyclic) bond motifs is 1. The first kappa shape index (κ1) is 21.4. The van der Waals surface area contributed by atoms with E-state index in [0.29, 0.717) is 33.5 Å². The van der Waals surface area contributed by atoms with Crippen molar-refractivity contribution in [1.82, 2.24) is 9.99 Å². The van der Waals surface area contributed by atoms with Gasteiger partial charge in [0.25, 0.3) is 5.91 Å². The number of pyridine rings is 1. The lowest BCUT2D eigenvalue weighted by molar-refractivity contribution is 0.0711. The second kappa shape index (κ2) is 8.85. The van der Waals surface area contributed by atoms with Gasteiger partial charge < -0.3 is 4.74 Å². The number of hydrogen-bond acceptors (Lipinski definition) is 4. The summed E-state index contributed by atoms with van der Waals surface area (Å²) in [6.45, 7) is 0. The molecule has 0 spiro atoms. The molecule has 1 unspecified atom stereocenters. The number of halogens is 2. The predicted molar refractivity (Wildman–Crippen MR) is 131 cm³/mol. The van der Waals surface area contributed by atoms with Gasteiger partial charge in [-0.15, -0.1) is 0 Å². The first-order valence-electron chi connectivity index (χ1n) is 10.4. The third kappa shape index (κ3) is 4.06. The minimum atomic E-state index is -0.431. The van der Waals surface area contributed by atoms with E-state index in [9.17, 15) is 4.79 Å². The molecule has 0 fully saturated rings. The lowest BCUT2D eigenvalue weighted by atomic mass is 9.98. The van der Waals surface area contributed by atoms with Crippen LogP contribution in [0, 0.1) is 0 Å². The molecule has 1 atom stereocenters. The summed E-state index contributed by atoms with van der Waals surface area (Å²) in [6.07, 6.45) is 0.497. The van der Waals surface area contributed by atoms with Crippen LogP contribution in [-0.4, -0.2) is 28.7 Å². The topological polar surface area (TPSA) is 54.8 Å². The highest BCUT2D eigenvalue weighted by Gasteiger charge is 2.36. The molecular formula is C26H19Cl2N3O2. The fraction of sp³-hybridized carbons (Fsp3) is 0.115. The van der Waals surface area contributed by atoms with E-state index >= 15 is 0 Å². The SMILES string of the molecule is COc1ccc2nc(Cl)c(C3CC(c4ccccc4)=NN3C(=O)c3ccccc3Cl)cc2c1. The number of carbonyl (C=O) groups is 1. The maximum Gasteiger partial charge on any atom is 0.276 e. The highest BCUT2D eigenvalue weighted by atomic mass is 35.5. The van der Waals surface area contributed by atoms with Crippen molar-refractivity contribution in [2.45, 2.75) is 12.5 Å². The molecule has 2 heterocycles. The van der Waals surface area contributed by atoms with Gasteiger partial charge in [0, 0.05) is 17.4 Å². The molecule has 3 aromatic carbocycles. The Morgan fingerprint density at radius 3 is 2.52 bits per heavy atom. The van der Waals surface area contributed by atoms with E-state index in [0.717, 1.165) is 22.2 Å². The lowest BCUT2D eigenvalue weighted by Crippen LogP contribution is -2.27. The Balaban J connectivity index is 1.62. The molecule has 0 aliphatic carbocycles. The standard InChI is InChI=1S/C26H19Cl2N3O2/c1-33-18-11-12-22-17(13-18)14-20(25(28)29-22)24-15-23(16-7-3-2-4-8-16)30-31(24)26(32)19-9-5-6-10-21(19)27/h2-14,24H,15H2,1H3. The zero-order valence-corrected chi connectivity index (χ0v) is 19.2. The van der Waals surface area contributed by atoms with Crippen molar-refractivity contribution in [2.24, 2.45) is 5.10 Å². The molecule has 0 saturated carbocycles. The van der Waals surface area contributed by atoms with Crippen molar-refractivity contribution in [1.29, 1.82) is 0 Å². The van der Waals surface area contributed by atoms with Crippen molar-refractivity contribution < 1.29 is 9.53 Å². The van der Waals surface area contributed by atoms with Gasteiger partial charge in [0.1, 0.15) is 10.9 Å². The summed E-state index contributed by atoms with van der Waals surface area (Å²) in [5.74, 6) is 0.424. The molecule has 164 valence electrons. The largest absolute Gasteiger partial charge is 0.497 e. The van der Waals surface area contributed by atoms with Gasteiger partial charge in [-0.3, -0.25) is 4.79 Å². The molecule has 7 heteroatoms. The monoisotopic (exact) mass is 475 g/mol. The predicted octanol–water partition coefficient (Wildman–Crippen LogP) is 6.54. The summed E-state index contributed by atoms with van der Waals surface area (Å²) in [4.78, 5) is 18.1.